The summed E-state index contributed by atoms with van der Waals surface area (Å²) in [5.74, 6) is -0.120. The molecule has 1 atom stereocenters. The molecule has 0 aromatic heterocycles. The first-order valence-corrected chi connectivity index (χ1v) is 10.9. The van der Waals surface area contributed by atoms with Crippen molar-refractivity contribution in [1.82, 2.24) is 4.90 Å². The Kier molecular flexibility index (Phi) is 6.82. The van der Waals surface area contributed by atoms with Gasteiger partial charge in [-0.25, -0.2) is 0 Å². The first kappa shape index (κ1) is 20.6. The molecule has 2 aliphatic rings. The number of hydrogen-bond acceptors (Lipinski definition) is 4. The fourth-order valence-electron chi connectivity index (χ4n) is 4.01. The molecule has 0 aliphatic carbocycles. The van der Waals surface area contributed by atoms with Crippen LogP contribution in [0.25, 0.3) is 6.08 Å². The number of amides is 1. The molecule has 2 heterocycles. The van der Waals surface area contributed by atoms with Gasteiger partial charge in [-0.3, -0.25) is 4.79 Å². The van der Waals surface area contributed by atoms with Gasteiger partial charge in [0.05, 0.1) is 6.10 Å². The van der Waals surface area contributed by atoms with Crippen molar-refractivity contribution >= 4 is 23.4 Å². The minimum atomic E-state index is -0.120. The number of carbonyl (C=O) groups excluding carboxylic acids is 1. The molecule has 2 aromatic carbocycles. The van der Waals surface area contributed by atoms with Crippen LogP contribution in [0.3, 0.4) is 0 Å². The number of nitrogens with zero attached hydrogens (tertiary/aromatic N) is 2. The topological polar surface area (TPSA) is 44.8 Å². The minimum absolute atomic E-state index is 0.120. The Hall–Kier alpha value is -2.63. The van der Waals surface area contributed by atoms with Crippen LogP contribution in [0, 0.1) is 0 Å². The Morgan fingerprint density at radius 3 is 2.47 bits per heavy atom. The van der Waals surface area contributed by atoms with Crippen molar-refractivity contribution < 1.29 is 9.53 Å². The summed E-state index contributed by atoms with van der Waals surface area (Å²) >= 11 is 0. The summed E-state index contributed by atoms with van der Waals surface area (Å²) in [5.41, 5.74) is 4.32. The number of nitrogens with one attached hydrogen (secondary N) is 1. The quantitative estimate of drug-likeness (QED) is 0.743. The van der Waals surface area contributed by atoms with Gasteiger partial charge in [0.25, 0.3) is 0 Å². The van der Waals surface area contributed by atoms with E-state index in [1.165, 1.54) is 17.7 Å². The van der Waals surface area contributed by atoms with Crippen LogP contribution >= 0.6 is 0 Å². The molecular weight excluding hydrogens is 374 g/mol. The smallest absolute Gasteiger partial charge is 0.248 e. The molecule has 1 unspecified atom stereocenters. The first-order valence-electron chi connectivity index (χ1n) is 10.9. The molecule has 0 spiro atoms. The van der Waals surface area contributed by atoms with Gasteiger partial charge in [-0.2, -0.15) is 0 Å². The number of likely N-dealkylation sites (N-methyl/N-ethyl adjacent to an activating group) is 1. The van der Waals surface area contributed by atoms with Gasteiger partial charge in [0, 0.05) is 50.2 Å². The number of piperazine rings is 1. The van der Waals surface area contributed by atoms with Gasteiger partial charge >= 0.3 is 0 Å². The normalized spacial score (nSPS) is 20.0. The molecule has 2 aliphatic heterocycles. The highest BCUT2D eigenvalue weighted by molar-refractivity contribution is 6.02. The number of benzene rings is 2. The van der Waals surface area contributed by atoms with E-state index in [-0.39, 0.29) is 5.91 Å². The van der Waals surface area contributed by atoms with Gasteiger partial charge in [-0.05, 0) is 67.8 Å². The molecule has 5 heteroatoms. The summed E-state index contributed by atoms with van der Waals surface area (Å²) in [5, 5.41) is 2.94. The predicted molar refractivity (Wildman–Crippen MR) is 123 cm³/mol. The van der Waals surface area contributed by atoms with Crippen molar-refractivity contribution in [2.45, 2.75) is 25.4 Å². The average Bonchev–Trinajstić information content (AvgIpc) is 3.28. The third-order valence-electron chi connectivity index (χ3n) is 5.90. The number of anilines is 2. The number of rotatable bonds is 6. The van der Waals surface area contributed by atoms with Crippen molar-refractivity contribution in [2.75, 3.05) is 50.1 Å². The van der Waals surface area contributed by atoms with Crippen molar-refractivity contribution in [3.05, 3.63) is 65.7 Å². The van der Waals surface area contributed by atoms with E-state index in [1.807, 2.05) is 18.2 Å². The summed E-state index contributed by atoms with van der Waals surface area (Å²) < 4.78 is 5.70. The first-order chi connectivity index (χ1) is 14.7. The van der Waals surface area contributed by atoms with Crippen LogP contribution in [0.1, 0.15) is 24.0 Å². The SMILES string of the molecule is CN1CCN(c2ccc(NC(=O)C=Cc3ccc(CC4CCCO4)cc3)cc2)CC1. The summed E-state index contributed by atoms with van der Waals surface area (Å²) in [6.07, 6.45) is 7.08. The van der Waals surface area contributed by atoms with Gasteiger partial charge < -0.3 is 19.9 Å². The van der Waals surface area contributed by atoms with Crippen molar-refractivity contribution in [3.8, 4) is 0 Å². The molecule has 2 aromatic rings. The second-order valence-corrected chi connectivity index (χ2v) is 8.24. The molecule has 4 rings (SSSR count). The van der Waals surface area contributed by atoms with Gasteiger partial charge in [0.15, 0.2) is 0 Å². The van der Waals surface area contributed by atoms with E-state index >= 15 is 0 Å². The number of hydrogen-bond donors (Lipinski definition) is 1. The Labute approximate surface area is 179 Å². The lowest BCUT2D eigenvalue weighted by Gasteiger charge is -2.34. The lowest BCUT2D eigenvalue weighted by atomic mass is 10.0. The number of carbonyl (C=O) groups is 1. The molecule has 1 amide bonds. The maximum atomic E-state index is 12.3. The van der Waals surface area contributed by atoms with Gasteiger partial charge in [0.1, 0.15) is 0 Å². The average molecular weight is 406 g/mol. The maximum Gasteiger partial charge on any atom is 0.248 e. The lowest BCUT2D eigenvalue weighted by Crippen LogP contribution is -2.44. The van der Waals surface area contributed by atoms with E-state index in [0.717, 1.165) is 56.9 Å². The van der Waals surface area contributed by atoms with Crippen LogP contribution in [0.5, 0.6) is 0 Å². The highest BCUT2D eigenvalue weighted by Gasteiger charge is 2.16. The maximum absolute atomic E-state index is 12.3. The van der Waals surface area contributed by atoms with Gasteiger partial charge in [0.2, 0.25) is 5.91 Å². The standard InChI is InChI=1S/C25H31N3O2/c1-27-14-16-28(17-15-27)23-11-9-22(10-12-23)26-25(29)13-8-20-4-6-21(7-5-20)19-24-3-2-18-30-24/h4-13,24H,2-3,14-19H2,1H3,(H,26,29). The van der Waals surface area contributed by atoms with Crippen LogP contribution < -0.4 is 10.2 Å². The van der Waals surface area contributed by atoms with E-state index in [4.69, 9.17) is 4.74 Å². The van der Waals surface area contributed by atoms with E-state index < -0.39 is 0 Å². The molecular formula is C25H31N3O2. The Balaban J connectivity index is 1.27. The monoisotopic (exact) mass is 405 g/mol. The van der Waals surface area contributed by atoms with Crippen LogP contribution in [0.2, 0.25) is 0 Å². The molecule has 0 radical (unpaired) electrons. The van der Waals surface area contributed by atoms with Crippen LogP contribution in [0.4, 0.5) is 11.4 Å². The predicted octanol–water partition coefficient (Wildman–Crippen LogP) is 3.81. The second kappa shape index (κ2) is 9.92. The Morgan fingerprint density at radius 1 is 1.07 bits per heavy atom. The van der Waals surface area contributed by atoms with Crippen LogP contribution in [-0.4, -0.2) is 56.7 Å². The largest absolute Gasteiger partial charge is 0.378 e. The summed E-state index contributed by atoms with van der Waals surface area (Å²) in [4.78, 5) is 17.0. The van der Waals surface area contributed by atoms with E-state index in [0.29, 0.717) is 6.10 Å². The molecule has 158 valence electrons. The Bertz CT molecular complexity index is 847. The zero-order chi connectivity index (χ0) is 20.8. The lowest BCUT2D eigenvalue weighted by molar-refractivity contribution is -0.111. The zero-order valence-electron chi connectivity index (χ0n) is 17.7. The fraction of sp³-hybridized carbons (Fsp3) is 0.400. The molecule has 30 heavy (non-hydrogen) atoms. The van der Waals surface area contributed by atoms with Crippen molar-refractivity contribution in [2.24, 2.45) is 0 Å². The molecule has 0 saturated carbocycles. The summed E-state index contributed by atoms with van der Waals surface area (Å²) in [6, 6.07) is 16.5. The highest BCUT2D eigenvalue weighted by Crippen LogP contribution is 2.20. The minimum Gasteiger partial charge on any atom is -0.378 e. The van der Waals surface area contributed by atoms with E-state index in [9.17, 15) is 4.79 Å². The second-order valence-electron chi connectivity index (χ2n) is 8.24. The third-order valence-corrected chi connectivity index (χ3v) is 5.90. The van der Waals surface area contributed by atoms with Gasteiger partial charge in [-0.15, -0.1) is 0 Å². The number of ether oxygens (including phenoxy) is 1. The van der Waals surface area contributed by atoms with E-state index in [2.05, 4.69) is 58.6 Å². The fourth-order valence-corrected chi connectivity index (χ4v) is 4.01. The van der Waals surface area contributed by atoms with Crippen molar-refractivity contribution in [3.63, 3.8) is 0 Å². The molecule has 2 fully saturated rings. The van der Waals surface area contributed by atoms with Crippen LogP contribution in [0.15, 0.2) is 54.6 Å². The molecule has 0 bridgehead atoms. The molecule has 1 N–H and O–H groups in total. The summed E-state index contributed by atoms with van der Waals surface area (Å²) in [7, 11) is 2.16. The van der Waals surface area contributed by atoms with Crippen LogP contribution in [-0.2, 0) is 16.0 Å². The molecule has 5 nitrogen and oxygen atoms in total. The van der Waals surface area contributed by atoms with Crippen molar-refractivity contribution in [1.29, 1.82) is 0 Å². The highest BCUT2D eigenvalue weighted by atomic mass is 16.5. The Morgan fingerprint density at radius 2 is 1.80 bits per heavy atom. The third kappa shape index (κ3) is 5.71. The summed E-state index contributed by atoms with van der Waals surface area (Å²) in [6.45, 7) is 5.13. The molecule has 2 saturated heterocycles. The zero-order valence-corrected chi connectivity index (χ0v) is 17.7. The van der Waals surface area contributed by atoms with Gasteiger partial charge in [-0.1, -0.05) is 24.3 Å². The van der Waals surface area contributed by atoms with E-state index in [1.54, 1.807) is 6.08 Å².